The number of carbonyl (C=O) groups is 1. The summed E-state index contributed by atoms with van der Waals surface area (Å²) >= 11 is 4.83. The van der Waals surface area contributed by atoms with Crippen LogP contribution in [0.1, 0.15) is 29.7 Å². The molecule has 0 radical (unpaired) electrons. The van der Waals surface area contributed by atoms with Crippen molar-refractivity contribution in [3.05, 3.63) is 55.6 Å². The Balaban J connectivity index is 1.51. The molecular weight excluding hydrogens is 433 g/mol. The molecule has 5 nitrogen and oxygen atoms in total. The van der Waals surface area contributed by atoms with Gasteiger partial charge in [0.15, 0.2) is 0 Å². The number of nitrogens with one attached hydrogen (secondary N) is 1. The first-order valence-electron chi connectivity index (χ1n) is 8.77. The molecule has 4 rings (SSSR count). The minimum Gasteiger partial charge on any atom is -0.325 e. The molecule has 8 heteroatoms. The molecule has 1 N–H and O–H groups in total. The number of aromatic nitrogens is 2. The number of benzene rings is 1. The number of nitrogens with zero attached hydrogens (tertiary/aromatic N) is 2. The smallest absolute Gasteiger partial charge is 0.262 e. The Morgan fingerprint density at radius 3 is 2.96 bits per heavy atom. The molecule has 2 aromatic heterocycles. The number of carbonyl (C=O) groups excluding carboxylic acids is 1. The zero-order chi connectivity index (χ0) is 19.0. The highest BCUT2D eigenvalue weighted by atomic mass is 79.9. The maximum absolute atomic E-state index is 13.1. The average molecular weight is 450 g/mol. The van der Waals surface area contributed by atoms with Crippen LogP contribution in [0.5, 0.6) is 0 Å². The van der Waals surface area contributed by atoms with E-state index < -0.39 is 0 Å². The lowest BCUT2D eigenvalue weighted by molar-refractivity contribution is -0.116. The van der Waals surface area contributed by atoms with E-state index in [1.165, 1.54) is 34.0 Å². The number of thiophene rings is 1. The molecule has 0 fully saturated rings. The fourth-order valence-corrected chi connectivity index (χ4v) is 5.04. The van der Waals surface area contributed by atoms with Crippen molar-refractivity contribution in [3.63, 3.8) is 0 Å². The van der Waals surface area contributed by atoms with Crippen LogP contribution in [-0.4, -0.2) is 15.5 Å². The number of amides is 1. The third-order valence-corrected chi connectivity index (χ3v) is 6.58. The monoisotopic (exact) mass is 449 g/mol. The number of anilines is 1. The molecule has 0 atom stereocenters. The molecule has 1 amide bonds. The van der Waals surface area contributed by atoms with Crippen molar-refractivity contribution >= 4 is 49.1 Å². The molecule has 0 aliphatic heterocycles. The maximum atomic E-state index is 13.1. The molecular formula is C19H17BrFN3O2S. The van der Waals surface area contributed by atoms with Gasteiger partial charge in [-0.2, -0.15) is 0 Å². The zero-order valence-electron chi connectivity index (χ0n) is 14.4. The third kappa shape index (κ3) is 3.68. The predicted molar refractivity (Wildman–Crippen MR) is 108 cm³/mol. The molecule has 27 heavy (non-hydrogen) atoms. The maximum Gasteiger partial charge on any atom is 0.262 e. The van der Waals surface area contributed by atoms with Crippen molar-refractivity contribution in [1.82, 2.24) is 9.55 Å². The van der Waals surface area contributed by atoms with Crippen molar-refractivity contribution in [2.45, 2.75) is 38.6 Å². The number of hydrogen-bond acceptors (Lipinski definition) is 4. The summed E-state index contributed by atoms with van der Waals surface area (Å²) in [6, 6.07) is 4.06. The first kappa shape index (κ1) is 18.3. The van der Waals surface area contributed by atoms with Gasteiger partial charge < -0.3 is 5.32 Å². The molecule has 140 valence electrons. The van der Waals surface area contributed by atoms with Crippen LogP contribution in [0.2, 0.25) is 0 Å². The zero-order valence-corrected chi connectivity index (χ0v) is 16.8. The van der Waals surface area contributed by atoms with E-state index in [4.69, 9.17) is 0 Å². The summed E-state index contributed by atoms with van der Waals surface area (Å²) in [5, 5.41) is 3.44. The molecule has 0 bridgehead atoms. The van der Waals surface area contributed by atoms with E-state index in [0.717, 1.165) is 41.5 Å². The van der Waals surface area contributed by atoms with E-state index in [2.05, 4.69) is 26.2 Å². The lowest BCUT2D eigenvalue weighted by Gasteiger charge is -2.11. The van der Waals surface area contributed by atoms with E-state index >= 15 is 0 Å². The second-order valence-corrected chi connectivity index (χ2v) is 8.49. The highest BCUT2D eigenvalue weighted by molar-refractivity contribution is 9.10. The minimum absolute atomic E-state index is 0.0739. The molecule has 3 aromatic rings. The van der Waals surface area contributed by atoms with E-state index in [0.29, 0.717) is 10.2 Å². The van der Waals surface area contributed by atoms with E-state index in [1.807, 2.05) is 0 Å². The van der Waals surface area contributed by atoms with Gasteiger partial charge in [-0.3, -0.25) is 14.2 Å². The lowest BCUT2D eigenvalue weighted by atomic mass is 9.97. The Hall–Kier alpha value is -2.06. The van der Waals surface area contributed by atoms with Crippen molar-refractivity contribution in [2.75, 3.05) is 5.32 Å². The van der Waals surface area contributed by atoms with Gasteiger partial charge in [-0.1, -0.05) is 0 Å². The molecule has 1 aromatic carbocycles. The van der Waals surface area contributed by atoms with Crippen LogP contribution in [-0.2, 0) is 24.2 Å². The summed E-state index contributed by atoms with van der Waals surface area (Å²) in [7, 11) is 0. The van der Waals surface area contributed by atoms with Gasteiger partial charge in [0.05, 0.1) is 17.4 Å². The Morgan fingerprint density at radius 2 is 2.15 bits per heavy atom. The standard InChI is InChI=1S/C19H17BrFN3O2S/c20-13-9-11(21)5-6-14(13)23-16(25)7-8-24-10-22-18-17(19(24)26)12-3-1-2-4-15(12)27-18/h5-6,9-10H,1-4,7-8H2,(H,23,25). The molecule has 1 aliphatic carbocycles. The highest BCUT2D eigenvalue weighted by Gasteiger charge is 2.20. The summed E-state index contributed by atoms with van der Waals surface area (Å²) in [6.07, 6.45) is 5.85. The molecule has 0 unspecified atom stereocenters. The van der Waals surface area contributed by atoms with Crippen molar-refractivity contribution in [3.8, 4) is 0 Å². The predicted octanol–water partition coefficient (Wildman–Crippen LogP) is 4.27. The van der Waals surface area contributed by atoms with E-state index in [9.17, 15) is 14.0 Å². The number of fused-ring (bicyclic) bond motifs is 3. The Labute approximate surface area is 167 Å². The second-order valence-electron chi connectivity index (χ2n) is 6.56. The summed E-state index contributed by atoms with van der Waals surface area (Å²) in [6.45, 7) is 0.247. The molecule has 2 heterocycles. The summed E-state index contributed by atoms with van der Waals surface area (Å²) in [5.41, 5.74) is 1.57. The van der Waals surface area contributed by atoms with E-state index in [1.54, 1.807) is 11.3 Å². The Bertz CT molecular complexity index is 1090. The fourth-order valence-electron chi connectivity index (χ4n) is 3.37. The van der Waals surface area contributed by atoms with Gasteiger partial charge in [0, 0.05) is 22.3 Å². The van der Waals surface area contributed by atoms with Crippen molar-refractivity contribution < 1.29 is 9.18 Å². The van der Waals surface area contributed by atoms with Crippen LogP contribution in [0.4, 0.5) is 10.1 Å². The largest absolute Gasteiger partial charge is 0.325 e. The van der Waals surface area contributed by atoms with Crippen LogP contribution in [0.25, 0.3) is 10.2 Å². The van der Waals surface area contributed by atoms with Gasteiger partial charge in [0.2, 0.25) is 5.91 Å². The molecule has 0 saturated carbocycles. The van der Waals surface area contributed by atoms with Crippen LogP contribution in [0, 0.1) is 5.82 Å². The third-order valence-electron chi connectivity index (χ3n) is 4.73. The SMILES string of the molecule is O=C(CCn1cnc2sc3c(c2c1=O)CCCC3)Nc1ccc(F)cc1Br. The fraction of sp³-hybridized carbons (Fsp3) is 0.316. The first-order chi connectivity index (χ1) is 13.0. The number of hydrogen-bond donors (Lipinski definition) is 1. The summed E-state index contributed by atoms with van der Waals surface area (Å²) in [5.74, 6) is -0.633. The Morgan fingerprint density at radius 1 is 1.33 bits per heavy atom. The number of rotatable bonds is 4. The van der Waals surface area contributed by atoms with Gasteiger partial charge in [-0.25, -0.2) is 9.37 Å². The number of aryl methyl sites for hydroxylation is 3. The number of halogens is 2. The highest BCUT2D eigenvalue weighted by Crippen LogP contribution is 2.33. The molecule has 0 spiro atoms. The molecule has 0 saturated heterocycles. The van der Waals surface area contributed by atoms with Crippen LogP contribution < -0.4 is 10.9 Å². The summed E-state index contributed by atoms with van der Waals surface area (Å²) < 4.78 is 15.1. The van der Waals surface area contributed by atoms with Crippen LogP contribution in [0.3, 0.4) is 0 Å². The van der Waals surface area contributed by atoms with Crippen LogP contribution in [0.15, 0.2) is 33.8 Å². The normalized spacial score (nSPS) is 13.6. The lowest BCUT2D eigenvalue weighted by Crippen LogP contribution is -2.24. The van der Waals surface area contributed by atoms with Crippen LogP contribution >= 0.6 is 27.3 Å². The topological polar surface area (TPSA) is 64.0 Å². The van der Waals surface area contributed by atoms with E-state index in [-0.39, 0.29) is 30.2 Å². The second kappa shape index (κ2) is 7.52. The average Bonchev–Trinajstić information content (AvgIpc) is 3.03. The van der Waals surface area contributed by atoms with Gasteiger partial charge in [-0.15, -0.1) is 11.3 Å². The van der Waals surface area contributed by atoms with Gasteiger partial charge >= 0.3 is 0 Å². The quantitative estimate of drug-likeness (QED) is 0.646. The first-order valence-corrected chi connectivity index (χ1v) is 10.4. The Kier molecular flexibility index (Phi) is 5.10. The summed E-state index contributed by atoms with van der Waals surface area (Å²) in [4.78, 5) is 31.6. The minimum atomic E-state index is -0.384. The van der Waals surface area contributed by atoms with Gasteiger partial charge in [0.1, 0.15) is 10.6 Å². The van der Waals surface area contributed by atoms with Gasteiger partial charge in [-0.05, 0) is 65.4 Å². The molecule has 1 aliphatic rings. The van der Waals surface area contributed by atoms with Gasteiger partial charge in [0.25, 0.3) is 5.56 Å². The van der Waals surface area contributed by atoms with Crippen molar-refractivity contribution in [1.29, 1.82) is 0 Å². The van der Waals surface area contributed by atoms with Crippen molar-refractivity contribution in [2.24, 2.45) is 0 Å².